The van der Waals surface area contributed by atoms with Crippen molar-refractivity contribution >= 4 is 33.0 Å². The van der Waals surface area contributed by atoms with Gasteiger partial charge in [-0.3, -0.25) is 4.31 Å². The molecule has 0 unspecified atom stereocenters. The van der Waals surface area contributed by atoms with Crippen LogP contribution in [0.2, 0.25) is 0 Å². The minimum Gasteiger partial charge on any atom is -0.454 e. The van der Waals surface area contributed by atoms with Crippen molar-refractivity contribution in [2.45, 2.75) is 11.5 Å². The first-order valence-corrected chi connectivity index (χ1v) is 11.4. The summed E-state index contributed by atoms with van der Waals surface area (Å²) in [7, 11) is -2.28. The highest BCUT2D eigenvalue weighted by Gasteiger charge is 2.22. The zero-order chi connectivity index (χ0) is 21.8. The van der Waals surface area contributed by atoms with E-state index in [1.165, 1.54) is 47.0 Å². The van der Waals surface area contributed by atoms with Crippen molar-refractivity contribution in [2.24, 2.45) is 0 Å². The molecule has 2 aromatic carbocycles. The van der Waals surface area contributed by atoms with Gasteiger partial charge >= 0.3 is 5.97 Å². The predicted molar refractivity (Wildman–Crippen MR) is 115 cm³/mol. The average molecular weight is 456 g/mol. The first-order valence-electron chi connectivity index (χ1n) is 9.13. The Labute approximate surface area is 182 Å². The SMILES string of the molecule is CN(c1ccccc1)S(=O)(=O)c1ccc(C(=O)OCc2noc(-c3cccs3)n2)cc1. The molecule has 0 fully saturated rings. The fourth-order valence-electron chi connectivity index (χ4n) is 2.72. The van der Waals surface area contributed by atoms with Gasteiger partial charge in [-0.25, -0.2) is 13.2 Å². The summed E-state index contributed by atoms with van der Waals surface area (Å²) < 4.78 is 37.2. The van der Waals surface area contributed by atoms with Crippen LogP contribution in [0.15, 0.2) is 81.5 Å². The summed E-state index contributed by atoms with van der Waals surface area (Å²) in [5, 5.41) is 5.68. The molecule has 0 saturated heterocycles. The molecule has 0 amide bonds. The lowest BCUT2D eigenvalue weighted by Gasteiger charge is -2.19. The van der Waals surface area contributed by atoms with Crippen molar-refractivity contribution in [3.8, 4) is 10.8 Å². The highest BCUT2D eigenvalue weighted by atomic mass is 32.2. The number of thiophene rings is 1. The van der Waals surface area contributed by atoms with E-state index in [0.29, 0.717) is 11.6 Å². The van der Waals surface area contributed by atoms with Crippen LogP contribution in [0.25, 0.3) is 10.8 Å². The highest BCUT2D eigenvalue weighted by Crippen LogP contribution is 2.23. The molecule has 0 aliphatic rings. The average Bonchev–Trinajstić information content (AvgIpc) is 3.49. The molecule has 4 aromatic rings. The van der Waals surface area contributed by atoms with E-state index < -0.39 is 16.0 Å². The summed E-state index contributed by atoms with van der Waals surface area (Å²) in [5.41, 5.74) is 0.747. The fraction of sp³-hybridized carbons (Fsp3) is 0.0952. The van der Waals surface area contributed by atoms with Gasteiger partial charge in [0.1, 0.15) is 0 Å². The lowest BCUT2D eigenvalue weighted by Crippen LogP contribution is -2.26. The van der Waals surface area contributed by atoms with Gasteiger partial charge < -0.3 is 9.26 Å². The standard InChI is InChI=1S/C21H17N3O5S2/c1-24(16-6-3-2-4-7-16)31(26,27)17-11-9-15(10-12-17)21(25)28-14-19-22-20(29-23-19)18-8-5-13-30-18/h2-13H,14H2,1H3. The van der Waals surface area contributed by atoms with Crippen molar-refractivity contribution in [3.05, 3.63) is 83.5 Å². The number of carbonyl (C=O) groups excluding carboxylic acids is 1. The molecule has 0 saturated carbocycles. The third kappa shape index (κ3) is 4.49. The summed E-state index contributed by atoms with van der Waals surface area (Å²) in [6.45, 7) is -0.162. The maximum atomic E-state index is 12.8. The largest absolute Gasteiger partial charge is 0.454 e. The van der Waals surface area contributed by atoms with Crippen LogP contribution < -0.4 is 4.31 Å². The molecule has 2 aromatic heterocycles. The molecule has 0 aliphatic carbocycles. The second kappa shape index (κ2) is 8.70. The van der Waals surface area contributed by atoms with E-state index in [9.17, 15) is 13.2 Å². The van der Waals surface area contributed by atoms with Gasteiger partial charge in [-0.2, -0.15) is 4.98 Å². The quantitative estimate of drug-likeness (QED) is 0.388. The van der Waals surface area contributed by atoms with Crippen molar-refractivity contribution in [1.29, 1.82) is 0 Å². The number of sulfonamides is 1. The van der Waals surface area contributed by atoms with Crippen LogP contribution in [-0.2, 0) is 21.4 Å². The van der Waals surface area contributed by atoms with Gasteiger partial charge in [0, 0.05) is 7.05 Å². The topological polar surface area (TPSA) is 103 Å². The molecule has 0 atom stereocenters. The number of hydrogen-bond acceptors (Lipinski definition) is 8. The van der Waals surface area contributed by atoms with Gasteiger partial charge in [0.2, 0.25) is 5.82 Å². The number of esters is 1. The predicted octanol–water partition coefficient (Wildman–Crippen LogP) is 3.98. The Morgan fingerprint density at radius 3 is 2.48 bits per heavy atom. The van der Waals surface area contributed by atoms with Crippen LogP contribution in [0, 0.1) is 0 Å². The van der Waals surface area contributed by atoms with Crippen molar-refractivity contribution in [2.75, 3.05) is 11.4 Å². The molecular weight excluding hydrogens is 438 g/mol. The van der Waals surface area contributed by atoms with E-state index in [4.69, 9.17) is 9.26 Å². The van der Waals surface area contributed by atoms with Gasteiger partial charge in [0.25, 0.3) is 15.9 Å². The van der Waals surface area contributed by atoms with Crippen molar-refractivity contribution in [3.63, 3.8) is 0 Å². The Hall–Kier alpha value is -3.50. The number of rotatable bonds is 7. The molecule has 0 N–H and O–H groups in total. The van der Waals surface area contributed by atoms with E-state index >= 15 is 0 Å². The summed E-state index contributed by atoms with van der Waals surface area (Å²) in [6, 6.07) is 18.0. The summed E-state index contributed by atoms with van der Waals surface area (Å²) in [6.07, 6.45) is 0. The Kier molecular flexibility index (Phi) is 5.83. The Balaban J connectivity index is 1.41. The third-order valence-corrected chi connectivity index (χ3v) is 7.06. The van der Waals surface area contributed by atoms with Gasteiger partial charge in [-0.1, -0.05) is 29.4 Å². The molecule has 0 spiro atoms. The number of anilines is 1. The zero-order valence-corrected chi connectivity index (χ0v) is 18.0. The second-order valence-corrected chi connectivity index (χ2v) is 9.32. The van der Waals surface area contributed by atoms with Gasteiger partial charge in [-0.15, -0.1) is 11.3 Å². The maximum absolute atomic E-state index is 12.8. The zero-order valence-electron chi connectivity index (χ0n) is 16.3. The van der Waals surface area contributed by atoms with E-state index in [2.05, 4.69) is 10.1 Å². The van der Waals surface area contributed by atoms with E-state index in [0.717, 1.165) is 4.88 Å². The second-order valence-electron chi connectivity index (χ2n) is 6.40. The molecule has 8 nitrogen and oxygen atoms in total. The molecular formula is C21H17N3O5S2. The first kappa shape index (κ1) is 20.8. The monoisotopic (exact) mass is 455 g/mol. The Bertz CT molecular complexity index is 1270. The van der Waals surface area contributed by atoms with E-state index in [1.54, 1.807) is 24.3 Å². The Morgan fingerprint density at radius 2 is 1.81 bits per heavy atom. The minimum atomic E-state index is -3.76. The molecule has 2 heterocycles. The molecule has 0 bridgehead atoms. The van der Waals surface area contributed by atoms with E-state index in [-0.39, 0.29) is 22.9 Å². The fourth-order valence-corrected chi connectivity index (χ4v) is 4.56. The molecule has 10 heteroatoms. The lowest BCUT2D eigenvalue weighted by atomic mass is 10.2. The van der Waals surface area contributed by atoms with Gasteiger partial charge in [0.15, 0.2) is 6.61 Å². The summed E-state index contributed by atoms with van der Waals surface area (Å²) in [5.74, 6) is -0.0265. The highest BCUT2D eigenvalue weighted by molar-refractivity contribution is 7.92. The summed E-state index contributed by atoms with van der Waals surface area (Å²) in [4.78, 5) is 17.4. The molecule has 0 aliphatic heterocycles. The molecule has 0 radical (unpaired) electrons. The lowest BCUT2D eigenvalue weighted by molar-refractivity contribution is 0.0459. The number of hydrogen-bond donors (Lipinski definition) is 0. The van der Waals surface area contributed by atoms with Crippen LogP contribution in [0.4, 0.5) is 5.69 Å². The number of benzene rings is 2. The van der Waals surface area contributed by atoms with Crippen LogP contribution in [0.1, 0.15) is 16.2 Å². The number of nitrogens with zero attached hydrogens (tertiary/aromatic N) is 3. The smallest absolute Gasteiger partial charge is 0.338 e. The van der Waals surface area contributed by atoms with Gasteiger partial charge in [0.05, 0.1) is 21.0 Å². The van der Waals surface area contributed by atoms with Crippen molar-refractivity contribution in [1.82, 2.24) is 10.1 Å². The molecule has 4 rings (SSSR count). The van der Waals surface area contributed by atoms with Crippen molar-refractivity contribution < 1.29 is 22.5 Å². The maximum Gasteiger partial charge on any atom is 0.338 e. The van der Waals surface area contributed by atoms with Crippen LogP contribution in [0.3, 0.4) is 0 Å². The van der Waals surface area contributed by atoms with Crippen LogP contribution >= 0.6 is 11.3 Å². The van der Waals surface area contributed by atoms with Crippen LogP contribution in [0.5, 0.6) is 0 Å². The number of carbonyl (C=O) groups is 1. The number of aromatic nitrogens is 2. The minimum absolute atomic E-state index is 0.0640. The number of ether oxygens (including phenoxy) is 1. The van der Waals surface area contributed by atoms with Crippen LogP contribution in [-0.4, -0.2) is 31.6 Å². The first-order chi connectivity index (χ1) is 14.9. The normalized spacial score (nSPS) is 11.3. The third-order valence-electron chi connectivity index (χ3n) is 4.40. The van der Waals surface area contributed by atoms with Gasteiger partial charge in [-0.05, 0) is 47.8 Å². The number of para-hydroxylation sites is 1. The van der Waals surface area contributed by atoms with E-state index in [1.807, 2.05) is 23.6 Å². The molecule has 158 valence electrons. The summed E-state index contributed by atoms with van der Waals surface area (Å²) >= 11 is 1.46. The molecule has 31 heavy (non-hydrogen) atoms. The Morgan fingerprint density at radius 1 is 1.06 bits per heavy atom.